The molecule has 2 aliphatic rings. The lowest BCUT2D eigenvalue weighted by Crippen LogP contribution is -2.43. The molecule has 1 amide bonds. The van der Waals surface area contributed by atoms with Gasteiger partial charge >= 0.3 is 0 Å². The van der Waals surface area contributed by atoms with Crippen molar-refractivity contribution in [2.24, 2.45) is 5.92 Å². The lowest BCUT2D eigenvalue weighted by Gasteiger charge is -2.30. The number of aryl methyl sites for hydroxylation is 1. The Balaban J connectivity index is 1.50. The average molecular weight is 450 g/mol. The van der Waals surface area contributed by atoms with E-state index < -0.39 is 0 Å². The third-order valence-corrected chi connectivity index (χ3v) is 6.72. The number of benzene rings is 1. The molecule has 4 heterocycles. The summed E-state index contributed by atoms with van der Waals surface area (Å²) >= 11 is 0. The van der Waals surface area contributed by atoms with Crippen LogP contribution in [0, 0.1) is 12.8 Å². The maximum atomic E-state index is 11.7. The number of amides is 1. The Morgan fingerprint density at radius 3 is 2.67 bits per heavy atom. The molecule has 2 aliphatic heterocycles. The molecular weight excluding hydrogens is 418 g/mol. The molecule has 2 atom stereocenters. The summed E-state index contributed by atoms with van der Waals surface area (Å²) in [7, 11) is 1.72. The van der Waals surface area contributed by atoms with E-state index in [1.165, 1.54) is 0 Å². The molecule has 8 nitrogen and oxygen atoms in total. The van der Waals surface area contributed by atoms with E-state index in [-0.39, 0.29) is 17.9 Å². The van der Waals surface area contributed by atoms with Crippen molar-refractivity contribution in [1.82, 2.24) is 20.2 Å². The van der Waals surface area contributed by atoms with Crippen molar-refractivity contribution in [2.75, 3.05) is 44.7 Å². The number of rotatable bonds is 6. The van der Waals surface area contributed by atoms with Crippen LogP contribution < -0.4 is 25.0 Å². The Kier molecular flexibility index (Phi) is 5.85. The van der Waals surface area contributed by atoms with Gasteiger partial charge in [-0.05, 0) is 43.2 Å². The first-order valence-electron chi connectivity index (χ1n) is 11.6. The van der Waals surface area contributed by atoms with Crippen LogP contribution in [0.15, 0.2) is 36.7 Å². The fourth-order valence-corrected chi connectivity index (χ4v) is 4.76. The lowest BCUT2D eigenvalue weighted by atomic mass is 10.0. The van der Waals surface area contributed by atoms with Crippen LogP contribution in [0.2, 0.25) is 0 Å². The van der Waals surface area contributed by atoms with Gasteiger partial charge in [-0.25, -0.2) is 4.52 Å². The molecule has 0 radical (unpaired) electrons. The van der Waals surface area contributed by atoms with Gasteiger partial charge in [0.15, 0.2) is 0 Å². The summed E-state index contributed by atoms with van der Waals surface area (Å²) < 4.78 is 14.1. The van der Waals surface area contributed by atoms with Gasteiger partial charge < -0.3 is 25.0 Å². The van der Waals surface area contributed by atoms with E-state index in [9.17, 15) is 4.79 Å². The molecule has 0 aliphatic carbocycles. The first kappa shape index (κ1) is 21.6. The van der Waals surface area contributed by atoms with Crippen LogP contribution in [-0.4, -0.2) is 61.5 Å². The van der Waals surface area contributed by atoms with Crippen molar-refractivity contribution in [3.63, 3.8) is 0 Å². The number of ether oxygens (including phenoxy) is 2. The number of hydrogen-bond acceptors (Lipinski definition) is 6. The van der Waals surface area contributed by atoms with Crippen LogP contribution >= 0.6 is 0 Å². The number of piperazine rings is 1. The molecule has 3 aromatic rings. The Morgan fingerprint density at radius 2 is 1.94 bits per heavy atom. The van der Waals surface area contributed by atoms with Gasteiger partial charge in [0.2, 0.25) is 5.91 Å². The number of carbonyl (C=O) groups excluding carboxylic acids is 1. The van der Waals surface area contributed by atoms with E-state index >= 15 is 0 Å². The molecule has 0 unspecified atom stereocenters. The standard InChI is InChI=1S/C25H31N5O3/c1-16-13-28-30-15-20(11-23(25(16)30)33-17(2)19-12-24(31)27-14-19)18-4-5-21(22(10-18)32-3)29-8-6-26-7-9-29/h4-5,10-11,13,15,17,19,26H,6-9,12,14H2,1-3H3,(H,27,31)/t17-,19-/m1/s1. The highest BCUT2D eigenvalue weighted by Crippen LogP contribution is 2.36. The van der Waals surface area contributed by atoms with Gasteiger partial charge in [0.1, 0.15) is 23.1 Å². The van der Waals surface area contributed by atoms with Crippen LogP contribution in [-0.2, 0) is 4.79 Å². The number of fused-ring (bicyclic) bond motifs is 1. The van der Waals surface area contributed by atoms with Gasteiger partial charge in [0, 0.05) is 56.8 Å². The number of anilines is 1. The normalized spacial score (nSPS) is 19.5. The molecule has 0 saturated carbocycles. The predicted octanol–water partition coefficient (Wildman–Crippen LogP) is 2.63. The molecule has 8 heteroatoms. The van der Waals surface area contributed by atoms with Crippen molar-refractivity contribution >= 4 is 17.1 Å². The second kappa shape index (κ2) is 8.94. The summed E-state index contributed by atoms with van der Waals surface area (Å²) in [5.74, 6) is 1.88. The Morgan fingerprint density at radius 1 is 1.15 bits per heavy atom. The summed E-state index contributed by atoms with van der Waals surface area (Å²) in [4.78, 5) is 14.0. The number of carbonyl (C=O) groups is 1. The zero-order valence-electron chi connectivity index (χ0n) is 19.4. The van der Waals surface area contributed by atoms with Crippen molar-refractivity contribution in [2.45, 2.75) is 26.4 Å². The van der Waals surface area contributed by atoms with E-state index in [1.54, 1.807) is 7.11 Å². The fraction of sp³-hybridized carbons (Fsp3) is 0.440. The molecule has 5 rings (SSSR count). The largest absolute Gasteiger partial charge is 0.495 e. The van der Waals surface area contributed by atoms with E-state index in [1.807, 2.05) is 30.8 Å². The van der Waals surface area contributed by atoms with Crippen molar-refractivity contribution in [1.29, 1.82) is 0 Å². The molecule has 1 aromatic carbocycles. The SMILES string of the molecule is COc1cc(-c2cc(O[C@H](C)[C@H]3CNC(=O)C3)c3c(C)cnn3c2)ccc1N1CCNCC1. The highest BCUT2D eigenvalue weighted by Gasteiger charge is 2.28. The summed E-state index contributed by atoms with van der Waals surface area (Å²) in [6.07, 6.45) is 4.28. The van der Waals surface area contributed by atoms with Gasteiger partial charge in [-0.3, -0.25) is 4.79 Å². The lowest BCUT2D eigenvalue weighted by molar-refractivity contribution is -0.119. The van der Waals surface area contributed by atoms with Crippen LogP contribution in [0.3, 0.4) is 0 Å². The molecule has 2 N–H and O–H groups in total. The maximum Gasteiger partial charge on any atom is 0.220 e. The van der Waals surface area contributed by atoms with Crippen molar-refractivity contribution in [3.05, 3.63) is 42.2 Å². The Hall–Kier alpha value is -3.26. The van der Waals surface area contributed by atoms with Crippen LogP contribution in [0.5, 0.6) is 11.5 Å². The third kappa shape index (κ3) is 4.23. The van der Waals surface area contributed by atoms with Gasteiger partial charge in [-0.2, -0.15) is 5.10 Å². The van der Waals surface area contributed by atoms with Crippen molar-refractivity contribution in [3.8, 4) is 22.6 Å². The first-order valence-corrected chi connectivity index (χ1v) is 11.6. The number of pyridine rings is 1. The molecule has 0 spiro atoms. The minimum absolute atomic E-state index is 0.0894. The minimum atomic E-state index is -0.0954. The molecule has 2 aromatic heterocycles. The summed E-state index contributed by atoms with van der Waals surface area (Å²) in [6.45, 7) is 8.59. The summed E-state index contributed by atoms with van der Waals surface area (Å²) in [5, 5.41) is 10.8. The molecule has 2 saturated heterocycles. The van der Waals surface area contributed by atoms with Gasteiger partial charge in [-0.15, -0.1) is 0 Å². The zero-order valence-corrected chi connectivity index (χ0v) is 19.4. The van der Waals surface area contributed by atoms with Crippen LogP contribution in [0.4, 0.5) is 5.69 Å². The van der Waals surface area contributed by atoms with Crippen LogP contribution in [0.25, 0.3) is 16.6 Å². The number of nitrogens with zero attached hydrogens (tertiary/aromatic N) is 3. The Bertz CT molecular complexity index is 1170. The van der Waals surface area contributed by atoms with E-state index in [4.69, 9.17) is 9.47 Å². The van der Waals surface area contributed by atoms with E-state index in [0.29, 0.717) is 13.0 Å². The minimum Gasteiger partial charge on any atom is -0.495 e. The quantitative estimate of drug-likeness (QED) is 0.602. The number of hydrogen-bond donors (Lipinski definition) is 2. The van der Waals surface area contributed by atoms with E-state index in [2.05, 4.69) is 44.9 Å². The fourth-order valence-electron chi connectivity index (χ4n) is 4.76. The van der Waals surface area contributed by atoms with Gasteiger partial charge in [0.05, 0.1) is 19.0 Å². The molecule has 174 valence electrons. The smallest absolute Gasteiger partial charge is 0.220 e. The molecular formula is C25H31N5O3. The van der Waals surface area contributed by atoms with Gasteiger partial charge in [0.25, 0.3) is 0 Å². The Labute approximate surface area is 193 Å². The second-order valence-electron chi connectivity index (χ2n) is 8.93. The summed E-state index contributed by atoms with van der Waals surface area (Å²) in [6, 6.07) is 8.42. The average Bonchev–Trinajstić information content (AvgIpc) is 3.45. The highest BCUT2D eigenvalue weighted by atomic mass is 16.5. The van der Waals surface area contributed by atoms with Crippen molar-refractivity contribution < 1.29 is 14.3 Å². The third-order valence-electron chi connectivity index (χ3n) is 6.72. The molecule has 33 heavy (non-hydrogen) atoms. The maximum absolute atomic E-state index is 11.7. The monoisotopic (exact) mass is 449 g/mol. The topological polar surface area (TPSA) is 80.1 Å². The number of aromatic nitrogens is 2. The number of methoxy groups -OCH3 is 1. The van der Waals surface area contributed by atoms with Crippen LogP contribution in [0.1, 0.15) is 18.9 Å². The molecule has 0 bridgehead atoms. The zero-order chi connectivity index (χ0) is 22.9. The summed E-state index contributed by atoms with van der Waals surface area (Å²) in [5.41, 5.74) is 5.15. The molecule has 2 fully saturated rings. The van der Waals surface area contributed by atoms with Gasteiger partial charge in [-0.1, -0.05) is 6.07 Å². The van der Waals surface area contributed by atoms with E-state index in [0.717, 1.165) is 65.6 Å². The second-order valence-corrected chi connectivity index (χ2v) is 8.93. The highest BCUT2D eigenvalue weighted by molar-refractivity contribution is 5.78. The predicted molar refractivity (Wildman–Crippen MR) is 128 cm³/mol. The number of nitrogens with one attached hydrogen (secondary N) is 2. The first-order chi connectivity index (χ1) is 16.0.